The number of halogens is 4. The summed E-state index contributed by atoms with van der Waals surface area (Å²) in [5.41, 5.74) is 1.87. The third kappa shape index (κ3) is 5.03. The van der Waals surface area contributed by atoms with Gasteiger partial charge in [-0.3, -0.25) is 9.59 Å². The zero-order valence-corrected chi connectivity index (χ0v) is 20.9. The molecule has 4 aromatic rings. The molecule has 0 saturated heterocycles. The Kier molecular flexibility index (Phi) is 7.39. The lowest BCUT2D eigenvalue weighted by molar-refractivity contribution is -0.112. The van der Waals surface area contributed by atoms with Crippen molar-refractivity contribution in [3.05, 3.63) is 92.0 Å². The SMILES string of the molecule is CCOc1ccc2c(c1)c(C(=O)C(=O)Nc1cccc(Cl)c1)c(Cl)n2Cc1ccc(Cl)cc1Cl. The van der Waals surface area contributed by atoms with Gasteiger partial charge in [-0.2, -0.15) is 0 Å². The van der Waals surface area contributed by atoms with Crippen molar-refractivity contribution in [2.45, 2.75) is 13.5 Å². The van der Waals surface area contributed by atoms with Crippen LogP contribution in [0.4, 0.5) is 5.69 Å². The van der Waals surface area contributed by atoms with Crippen molar-refractivity contribution < 1.29 is 14.3 Å². The highest BCUT2D eigenvalue weighted by atomic mass is 35.5. The Morgan fingerprint density at radius 2 is 1.71 bits per heavy atom. The van der Waals surface area contributed by atoms with Crippen LogP contribution < -0.4 is 10.1 Å². The van der Waals surface area contributed by atoms with Gasteiger partial charge in [-0.05, 0) is 61.0 Å². The lowest BCUT2D eigenvalue weighted by atomic mass is 10.1. The van der Waals surface area contributed by atoms with Gasteiger partial charge in [0, 0.05) is 26.1 Å². The number of fused-ring (bicyclic) bond motifs is 1. The molecule has 0 atom stereocenters. The van der Waals surface area contributed by atoms with E-state index in [-0.39, 0.29) is 17.3 Å². The summed E-state index contributed by atoms with van der Waals surface area (Å²) in [4.78, 5) is 26.1. The minimum absolute atomic E-state index is 0.0721. The fraction of sp³-hybridized carbons (Fsp3) is 0.120. The molecule has 9 heteroatoms. The quantitative estimate of drug-likeness (QED) is 0.196. The van der Waals surface area contributed by atoms with Gasteiger partial charge in [-0.1, -0.05) is 58.5 Å². The topological polar surface area (TPSA) is 60.3 Å². The molecule has 0 spiro atoms. The molecule has 4 rings (SSSR count). The largest absolute Gasteiger partial charge is 0.494 e. The van der Waals surface area contributed by atoms with Crippen molar-refractivity contribution in [3.63, 3.8) is 0 Å². The van der Waals surface area contributed by atoms with Crippen LogP contribution >= 0.6 is 46.4 Å². The van der Waals surface area contributed by atoms with Crippen LogP contribution in [0.1, 0.15) is 22.8 Å². The molecule has 174 valence electrons. The van der Waals surface area contributed by atoms with E-state index in [9.17, 15) is 9.59 Å². The van der Waals surface area contributed by atoms with Crippen LogP contribution in [0.25, 0.3) is 10.9 Å². The molecule has 0 bridgehead atoms. The molecule has 1 amide bonds. The molecule has 1 heterocycles. The van der Waals surface area contributed by atoms with Gasteiger partial charge in [0.15, 0.2) is 0 Å². The molecule has 0 unspecified atom stereocenters. The standard InChI is InChI=1S/C25H18Cl4N2O3/c1-2-34-18-8-9-21-19(12-18)22(23(32)25(33)30-17-5-3-4-15(26)10-17)24(29)31(21)13-14-6-7-16(27)11-20(14)28/h3-12H,2,13H2,1H3,(H,30,33). The summed E-state index contributed by atoms with van der Waals surface area (Å²) in [6.07, 6.45) is 0. The second-order valence-corrected chi connectivity index (χ2v) is 9.03. The number of amides is 1. The zero-order chi connectivity index (χ0) is 24.4. The number of Topliss-reactive ketones (excluding diaryl/α,β-unsaturated/α-hetero) is 1. The van der Waals surface area contributed by atoms with E-state index in [0.717, 1.165) is 5.56 Å². The molecule has 1 N–H and O–H groups in total. The highest BCUT2D eigenvalue weighted by Crippen LogP contribution is 2.35. The van der Waals surface area contributed by atoms with E-state index < -0.39 is 11.7 Å². The van der Waals surface area contributed by atoms with Crippen LogP contribution in [-0.2, 0) is 11.3 Å². The van der Waals surface area contributed by atoms with Crippen molar-refractivity contribution in [1.29, 1.82) is 0 Å². The van der Waals surface area contributed by atoms with Gasteiger partial charge >= 0.3 is 0 Å². The monoisotopic (exact) mass is 534 g/mol. The summed E-state index contributed by atoms with van der Waals surface area (Å²) in [7, 11) is 0. The predicted octanol–water partition coefficient (Wildman–Crippen LogP) is 7.52. The van der Waals surface area contributed by atoms with Crippen LogP contribution in [0.15, 0.2) is 60.7 Å². The minimum atomic E-state index is -0.838. The first kappa shape index (κ1) is 24.4. The molecule has 0 aliphatic heterocycles. The summed E-state index contributed by atoms with van der Waals surface area (Å²) >= 11 is 25.1. The molecule has 1 aromatic heterocycles. The molecular formula is C25H18Cl4N2O3. The number of anilines is 1. The molecule has 0 radical (unpaired) electrons. The van der Waals surface area contributed by atoms with Crippen molar-refractivity contribution in [3.8, 4) is 5.75 Å². The highest BCUT2D eigenvalue weighted by Gasteiger charge is 2.27. The average Bonchev–Trinajstić information content (AvgIpc) is 3.06. The molecular weight excluding hydrogens is 518 g/mol. The van der Waals surface area contributed by atoms with Gasteiger partial charge in [0.05, 0.1) is 24.2 Å². The molecule has 0 fully saturated rings. The fourth-order valence-corrected chi connectivity index (χ4v) is 4.61. The number of hydrogen-bond acceptors (Lipinski definition) is 3. The number of ketones is 1. The first-order valence-electron chi connectivity index (χ1n) is 10.3. The van der Waals surface area contributed by atoms with Gasteiger partial charge in [-0.15, -0.1) is 0 Å². The number of carbonyl (C=O) groups excluding carboxylic acids is 2. The molecule has 0 aliphatic rings. The Balaban J connectivity index is 1.79. The van der Waals surface area contributed by atoms with E-state index in [2.05, 4.69) is 5.32 Å². The summed E-state index contributed by atoms with van der Waals surface area (Å²) in [6, 6.07) is 16.9. The maximum atomic E-state index is 13.3. The first-order valence-corrected chi connectivity index (χ1v) is 11.8. The van der Waals surface area contributed by atoms with E-state index in [1.165, 1.54) is 0 Å². The Morgan fingerprint density at radius 1 is 0.941 bits per heavy atom. The molecule has 5 nitrogen and oxygen atoms in total. The summed E-state index contributed by atoms with van der Waals surface area (Å²) < 4.78 is 7.33. The molecule has 34 heavy (non-hydrogen) atoms. The second-order valence-electron chi connectivity index (χ2n) is 7.39. The van der Waals surface area contributed by atoms with Crippen LogP contribution in [0.3, 0.4) is 0 Å². The Hall–Kier alpha value is -2.70. The number of carbonyl (C=O) groups is 2. The van der Waals surface area contributed by atoms with Crippen molar-refractivity contribution in [2.24, 2.45) is 0 Å². The van der Waals surface area contributed by atoms with Gasteiger partial charge < -0.3 is 14.6 Å². The van der Waals surface area contributed by atoms with E-state index in [0.29, 0.717) is 44.0 Å². The van der Waals surface area contributed by atoms with Crippen LogP contribution in [0.5, 0.6) is 5.75 Å². The van der Waals surface area contributed by atoms with Gasteiger partial charge in [0.1, 0.15) is 10.9 Å². The van der Waals surface area contributed by atoms with Gasteiger partial charge in [0.2, 0.25) is 0 Å². The van der Waals surface area contributed by atoms with Crippen LogP contribution in [-0.4, -0.2) is 22.9 Å². The zero-order valence-electron chi connectivity index (χ0n) is 17.9. The van der Waals surface area contributed by atoms with Gasteiger partial charge in [-0.25, -0.2) is 0 Å². The lowest BCUT2D eigenvalue weighted by Gasteiger charge is -2.10. The van der Waals surface area contributed by atoms with Crippen molar-refractivity contribution >= 4 is 74.7 Å². The predicted molar refractivity (Wildman–Crippen MR) is 138 cm³/mol. The Morgan fingerprint density at radius 3 is 2.41 bits per heavy atom. The minimum Gasteiger partial charge on any atom is -0.494 e. The van der Waals surface area contributed by atoms with E-state index in [1.807, 2.05) is 6.92 Å². The summed E-state index contributed by atoms with van der Waals surface area (Å²) in [6.45, 7) is 2.57. The van der Waals surface area contributed by atoms with Gasteiger partial charge in [0.25, 0.3) is 11.7 Å². The normalized spacial score (nSPS) is 11.0. The number of nitrogens with one attached hydrogen (secondary N) is 1. The van der Waals surface area contributed by atoms with Crippen molar-refractivity contribution in [1.82, 2.24) is 4.57 Å². The number of aromatic nitrogens is 1. The maximum absolute atomic E-state index is 13.3. The Bertz CT molecular complexity index is 1420. The fourth-order valence-electron chi connectivity index (χ4n) is 3.62. The molecule has 0 aliphatic carbocycles. The number of nitrogens with zero attached hydrogens (tertiary/aromatic N) is 1. The third-order valence-corrected chi connectivity index (χ3v) is 6.36. The first-order chi connectivity index (χ1) is 16.3. The smallest absolute Gasteiger partial charge is 0.296 e. The molecule has 3 aromatic carbocycles. The van der Waals surface area contributed by atoms with Crippen LogP contribution in [0, 0.1) is 0 Å². The second kappa shape index (κ2) is 10.3. The van der Waals surface area contributed by atoms with E-state index >= 15 is 0 Å². The number of benzene rings is 3. The van der Waals surface area contributed by atoms with E-state index in [1.54, 1.807) is 65.2 Å². The summed E-state index contributed by atoms with van der Waals surface area (Å²) in [5.74, 6) is -1.07. The van der Waals surface area contributed by atoms with E-state index in [4.69, 9.17) is 51.1 Å². The summed E-state index contributed by atoms with van der Waals surface area (Å²) in [5, 5.41) is 4.58. The van der Waals surface area contributed by atoms with Crippen molar-refractivity contribution in [2.75, 3.05) is 11.9 Å². The third-order valence-electron chi connectivity index (χ3n) is 5.14. The lowest BCUT2D eigenvalue weighted by Crippen LogP contribution is -2.23. The van der Waals surface area contributed by atoms with Crippen LogP contribution in [0.2, 0.25) is 20.2 Å². The Labute approximate surface area is 216 Å². The number of ether oxygens (including phenoxy) is 1. The highest BCUT2D eigenvalue weighted by molar-refractivity contribution is 6.52. The molecule has 0 saturated carbocycles. The maximum Gasteiger partial charge on any atom is 0.296 e. The average molecular weight is 536 g/mol. The number of hydrogen-bond donors (Lipinski definition) is 1. The number of rotatable bonds is 7.